The van der Waals surface area contributed by atoms with Crippen molar-refractivity contribution >= 4 is 22.6 Å². The molecule has 0 unspecified atom stereocenters. The molecule has 1 nitrogen and oxygen atoms in total. The molecule has 0 aliphatic rings. The summed E-state index contributed by atoms with van der Waals surface area (Å²) in [6.45, 7) is 0.613. The summed E-state index contributed by atoms with van der Waals surface area (Å²) >= 11 is 1.97. The van der Waals surface area contributed by atoms with E-state index in [-0.39, 0.29) is 5.82 Å². The van der Waals surface area contributed by atoms with Crippen molar-refractivity contribution in [3.63, 3.8) is 0 Å². The van der Waals surface area contributed by atoms with Gasteiger partial charge in [-0.25, -0.2) is 4.39 Å². The van der Waals surface area contributed by atoms with Gasteiger partial charge in [0.05, 0.1) is 0 Å². The normalized spacial score (nSPS) is 10.1. The Kier molecular flexibility index (Phi) is 3.26. The lowest BCUT2D eigenvalue weighted by atomic mass is 10.1. The molecule has 2 N–H and O–H groups in total. The molecule has 0 amide bonds. The van der Waals surface area contributed by atoms with E-state index < -0.39 is 0 Å². The standard InChI is InChI=1S/C8H9FIN/c9-7-2-1-6(3-4-11)5-8(7)10/h1-2,5H,3-4,11H2. The van der Waals surface area contributed by atoms with Crippen LogP contribution >= 0.6 is 22.6 Å². The zero-order chi connectivity index (χ0) is 8.27. The van der Waals surface area contributed by atoms with Crippen LogP contribution in [-0.2, 0) is 6.42 Å². The summed E-state index contributed by atoms with van der Waals surface area (Å²) < 4.78 is 13.4. The third-order valence-electron chi connectivity index (χ3n) is 1.42. The van der Waals surface area contributed by atoms with Gasteiger partial charge in [-0.2, -0.15) is 0 Å². The maximum absolute atomic E-state index is 12.7. The first kappa shape index (κ1) is 8.93. The van der Waals surface area contributed by atoms with Crippen LogP contribution in [0.15, 0.2) is 18.2 Å². The fourth-order valence-electron chi connectivity index (χ4n) is 0.862. The zero-order valence-corrected chi connectivity index (χ0v) is 8.14. The molecule has 0 aliphatic carbocycles. The van der Waals surface area contributed by atoms with Crippen molar-refractivity contribution in [1.82, 2.24) is 0 Å². The highest BCUT2D eigenvalue weighted by atomic mass is 127. The lowest BCUT2D eigenvalue weighted by molar-refractivity contribution is 0.619. The monoisotopic (exact) mass is 265 g/mol. The maximum atomic E-state index is 12.7. The second-order valence-corrected chi connectivity index (χ2v) is 3.45. The van der Waals surface area contributed by atoms with Crippen LogP contribution in [0.5, 0.6) is 0 Å². The van der Waals surface area contributed by atoms with E-state index in [1.165, 1.54) is 6.07 Å². The van der Waals surface area contributed by atoms with Crippen molar-refractivity contribution < 1.29 is 4.39 Å². The number of rotatable bonds is 2. The number of hydrogen-bond acceptors (Lipinski definition) is 1. The molecule has 1 rings (SSSR count). The van der Waals surface area contributed by atoms with Gasteiger partial charge in [0.2, 0.25) is 0 Å². The molecule has 0 atom stereocenters. The van der Waals surface area contributed by atoms with Gasteiger partial charge >= 0.3 is 0 Å². The lowest BCUT2D eigenvalue weighted by Crippen LogP contribution is -2.02. The molecule has 0 saturated carbocycles. The smallest absolute Gasteiger partial charge is 0.136 e. The highest BCUT2D eigenvalue weighted by Gasteiger charge is 1.98. The van der Waals surface area contributed by atoms with Crippen LogP contribution in [0.25, 0.3) is 0 Å². The Balaban J connectivity index is 2.86. The molecule has 1 aromatic carbocycles. The van der Waals surface area contributed by atoms with E-state index in [4.69, 9.17) is 5.73 Å². The van der Waals surface area contributed by atoms with Gasteiger partial charge in [0.25, 0.3) is 0 Å². The zero-order valence-electron chi connectivity index (χ0n) is 5.98. The minimum absolute atomic E-state index is 0.161. The molecule has 0 heterocycles. The van der Waals surface area contributed by atoms with Crippen molar-refractivity contribution in [2.45, 2.75) is 6.42 Å². The van der Waals surface area contributed by atoms with E-state index in [1.54, 1.807) is 6.07 Å². The minimum atomic E-state index is -0.161. The Morgan fingerprint density at radius 3 is 2.73 bits per heavy atom. The number of halogens is 2. The topological polar surface area (TPSA) is 26.0 Å². The average molecular weight is 265 g/mol. The number of benzene rings is 1. The third kappa shape index (κ3) is 2.41. The van der Waals surface area contributed by atoms with Crippen LogP contribution in [0, 0.1) is 9.39 Å². The average Bonchev–Trinajstić information content (AvgIpc) is 1.98. The van der Waals surface area contributed by atoms with Crippen molar-refractivity contribution in [2.24, 2.45) is 5.73 Å². The second-order valence-electron chi connectivity index (χ2n) is 2.29. The summed E-state index contributed by atoms with van der Waals surface area (Å²) in [5.41, 5.74) is 6.45. The quantitative estimate of drug-likeness (QED) is 0.812. The number of nitrogens with two attached hydrogens (primary N) is 1. The molecular formula is C8H9FIN. The van der Waals surface area contributed by atoms with Gasteiger partial charge in [0.1, 0.15) is 5.82 Å². The summed E-state index contributed by atoms with van der Waals surface area (Å²) in [4.78, 5) is 0. The van der Waals surface area contributed by atoms with E-state index in [0.717, 1.165) is 12.0 Å². The second kappa shape index (κ2) is 4.01. The third-order valence-corrected chi connectivity index (χ3v) is 2.24. The first-order valence-electron chi connectivity index (χ1n) is 3.38. The predicted octanol–water partition coefficient (Wildman–Crippen LogP) is 1.93. The molecule has 3 heteroatoms. The summed E-state index contributed by atoms with van der Waals surface area (Å²) in [6, 6.07) is 5.07. The SMILES string of the molecule is NCCc1ccc(F)c(I)c1. The Morgan fingerprint density at radius 1 is 1.45 bits per heavy atom. The van der Waals surface area contributed by atoms with Crippen LogP contribution in [0.2, 0.25) is 0 Å². The highest BCUT2D eigenvalue weighted by molar-refractivity contribution is 14.1. The van der Waals surface area contributed by atoms with E-state index >= 15 is 0 Å². The molecule has 0 bridgehead atoms. The first-order chi connectivity index (χ1) is 5.24. The van der Waals surface area contributed by atoms with Gasteiger partial charge in [-0.05, 0) is 53.3 Å². The largest absolute Gasteiger partial charge is 0.330 e. The van der Waals surface area contributed by atoms with Gasteiger partial charge in [0.15, 0.2) is 0 Å². The van der Waals surface area contributed by atoms with Gasteiger partial charge in [-0.1, -0.05) is 6.07 Å². The summed E-state index contributed by atoms with van der Waals surface area (Å²) in [5.74, 6) is -0.161. The van der Waals surface area contributed by atoms with Crippen LogP contribution in [-0.4, -0.2) is 6.54 Å². The molecule has 60 valence electrons. The summed E-state index contributed by atoms with van der Waals surface area (Å²) in [5, 5.41) is 0. The van der Waals surface area contributed by atoms with Gasteiger partial charge < -0.3 is 5.73 Å². The molecular weight excluding hydrogens is 256 g/mol. The maximum Gasteiger partial charge on any atom is 0.136 e. The molecule has 1 aromatic rings. The summed E-state index contributed by atoms with van der Waals surface area (Å²) in [7, 11) is 0. The van der Waals surface area contributed by atoms with Crippen LogP contribution < -0.4 is 5.73 Å². The Morgan fingerprint density at radius 2 is 2.18 bits per heavy atom. The first-order valence-corrected chi connectivity index (χ1v) is 4.46. The van der Waals surface area contributed by atoms with Crippen LogP contribution in [0.4, 0.5) is 4.39 Å². The molecule has 0 saturated heterocycles. The summed E-state index contributed by atoms with van der Waals surface area (Å²) in [6.07, 6.45) is 0.816. The molecule has 0 fully saturated rings. The molecule has 11 heavy (non-hydrogen) atoms. The van der Waals surface area contributed by atoms with Crippen LogP contribution in [0.3, 0.4) is 0 Å². The van der Waals surface area contributed by atoms with E-state index in [2.05, 4.69) is 0 Å². The molecule has 0 spiro atoms. The molecule has 0 radical (unpaired) electrons. The van der Waals surface area contributed by atoms with E-state index in [0.29, 0.717) is 10.1 Å². The lowest BCUT2D eigenvalue weighted by Gasteiger charge is -1.99. The fraction of sp³-hybridized carbons (Fsp3) is 0.250. The number of hydrogen-bond donors (Lipinski definition) is 1. The Bertz CT molecular complexity index is 250. The van der Waals surface area contributed by atoms with Crippen molar-refractivity contribution in [3.8, 4) is 0 Å². The fourth-order valence-corrected chi connectivity index (χ4v) is 1.44. The molecule has 0 aliphatic heterocycles. The van der Waals surface area contributed by atoms with E-state index in [9.17, 15) is 4.39 Å². The van der Waals surface area contributed by atoms with Gasteiger partial charge in [0, 0.05) is 3.57 Å². The van der Waals surface area contributed by atoms with Crippen molar-refractivity contribution in [1.29, 1.82) is 0 Å². The van der Waals surface area contributed by atoms with Crippen molar-refractivity contribution in [2.75, 3.05) is 6.54 Å². The van der Waals surface area contributed by atoms with Crippen LogP contribution in [0.1, 0.15) is 5.56 Å². The van der Waals surface area contributed by atoms with Crippen molar-refractivity contribution in [3.05, 3.63) is 33.1 Å². The Hall–Kier alpha value is -0.160. The highest BCUT2D eigenvalue weighted by Crippen LogP contribution is 2.12. The van der Waals surface area contributed by atoms with Gasteiger partial charge in [-0.15, -0.1) is 0 Å². The van der Waals surface area contributed by atoms with E-state index in [1.807, 2.05) is 28.7 Å². The molecule has 0 aromatic heterocycles. The Labute approximate surface area is 78.9 Å². The minimum Gasteiger partial charge on any atom is -0.330 e. The predicted molar refractivity (Wildman–Crippen MR) is 51.9 cm³/mol. The van der Waals surface area contributed by atoms with Gasteiger partial charge in [-0.3, -0.25) is 0 Å².